The molecular formula is C12H19ClFNO2. The number of aliphatic hydroxyl groups excluding tert-OH is 1. The Bertz CT molecular complexity index is 362. The Kier molecular flexibility index (Phi) is 6.45. The Balaban J connectivity index is 0.00000256. The lowest BCUT2D eigenvalue weighted by molar-refractivity contribution is 0.0870. The van der Waals surface area contributed by atoms with Gasteiger partial charge in [-0.15, -0.1) is 12.4 Å². The SMILES string of the molecule is CCC(C)[C@H](O)[C@H](N)c1cc(F)ccc1O.Cl. The number of rotatable bonds is 4. The van der Waals surface area contributed by atoms with Crippen molar-refractivity contribution in [3.05, 3.63) is 29.6 Å². The van der Waals surface area contributed by atoms with Crippen molar-refractivity contribution in [2.75, 3.05) is 0 Å². The quantitative estimate of drug-likeness (QED) is 0.781. The van der Waals surface area contributed by atoms with Crippen molar-refractivity contribution in [2.24, 2.45) is 11.7 Å². The summed E-state index contributed by atoms with van der Waals surface area (Å²) in [5.41, 5.74) is 6.05. The van der Waals surface area contributed by atoms with E-state index in [1.54, 1.807) is 0 Å². The molecule has 1 aromatic carbocycles. The smallest absolute Gasteiger partial charge is 0.123 e. The molecule has 0 fully saturated rings. The molecule has 0 aliphatic heterocycles. The highest BCUT2D eigenvalue weighted by atomic mass is 35.5. The number of nitrogens with two attached hydrogens (primary N) is 1. The van der Waals surface area contributed by atoms with Gasteiger partial charge < -0.3 is 15.9 Å². The predicted molar refractivity (Wildman–Crippen MR) is 67.7 cm³/mol. The molecule has 1 rings (SSSR count). The minimum absolute atomic E-state index is 0. The first-order valence-electron chi connectivity index (χ1n) is 5.39. The zero-order valence-corrected chi connectivity index (χ0v) is 10.7. The topological polar surface area (TPSA) is 66.5 Å². The maximum atomic E-state index is 13.0. The molecule has 4 N–H and O–H groups in total. The van der Waals surface area contributed by atoms with E-state index in [-0.39, 0.29) is 29.6 Å². The zero-order chi connectivity index (χ0) is 12.3. The van der Waals surface area contributed by atoms with E-state index in [0.717, 1.165) is 18.6 Å². The van der Waals surface area contributed by atoms with Crippen LogP contribution in [0.5, 0.6) is 5.75 Å². The van der Waals surface area contributed by atoms with E-state index in [2.05, 4.69) is 0 Å². The van der Waals surface area contributed by atoms with Crippen LogP contribution in [0.1, 0.15) is 31.9 Å². The monoisotopic (exact) mass is 263 g/mol. The van der Waals surface area contributed by atoms with Gasteiger partial charge in [0.15, 0.2) is 0 Å². The molecule has 0 saturated carbocycles. The molecule has 0 aromatic heterocycles. The molecule has 0 aliphatic carbocycles. The summed E-state index contributed by atoms with van der Waals surface area (Å²) in [5, 5.41) is 19.4. The van der Waals surface area contributed by atoms with Crippen LogP contribution in [0, 0.1) is 11.7 Å². The number of benzene rings is 1. The molecule has 3 nitrogen and oxygen atoms in total. The van der Waals surface area contributed by atoms with Crippen molar-refractivity contribution in [2.45, 2.75) is 32.4 Å². The summed E-state index contributed by atoms with van der Waals surface area (Å²) < 4.78 is 13.0. The maximum Gasteiger partial charge on any atom is 0.123 e. The first kappa shape index (κ1) is 16.2. The number of aromatic hydroxyl groups is 1. The molecule has 98 valence electrons. The molecule has 5 heteroatoms. The summed E-state index contributed by atoms with van der Waals surface area (Å²) in [6.07, 6.45) is -0.0250. The molecule has 1 aromatic rings. The van der Waals surface area contributed by atoms with Crippen molar-refractivity contribution in [1.29, 1.82) is 0 Å². The van der Waals surface area contributed by atoms with Crippen LogP contribution in [0.2, 0.25) is 0 Å². The zero-order valence-electron chi connectivity index (χ0n) is 9.93. The third kappa shape index (κ3) is 3.84. The first-order chi connectivity index (χ1) is 7.47. The third-order valence-corrected chi connectivity index (χ3v) is 2.94. The number of phenols is 1. The molecular weight excluding hydrogens is 245 g/mol. The van der Waals surface area contributed by atoms with Crippen LogP contribution in [0.3, 0.4) is 0 Å². The Morgan fingerprint density at radius 2 is 2.00 bits per heavy atom. The molecule has 1 unspecified atom stereocenters. The highest BCUT2D eigenvalue weighted by molar-refractivity contribution is 5.85. The Morgan fingerprint density at radius 3 is 2.53 bits per heavy atom. The van der Waals surface area contributed by atoms with Gasteiger partial charge in [-0.25, -0.2) is 4.39 Å². The predicted octanol–water partition coefficient (Wildman–Crippen LogP) is 2.36. The Labute approximate surface area is 107 Å². The van der Waals surface area contributed by atoms with Crippen LogP contribution in [0.4, 0.5) is 4.39 Å². The Morgan fingerprint density at radius 1 is 1.41 bits per heavy atom. The summed E-state index contributed by atoms with van der Waals surface area (Å²) in [5.74, 6) is -0.562. The third-order valence-electron chi connectivity index (χ3n) is 2.94. The lowest BCUT2D eigenvalue weighted by Crippen LogP contribution is -2.31. The normalized spacial score (nSPS) is 15.8. The molecule has 0 radical (unpaired) electrons. The van der Waals surface area contributed by atoms with E-state index >= 15 is 0 Å². The van der Waals surface area contributed by atoms with E-state index in [0.29, 0.717) is 0 Å². The van der Waals surface area contributed by atoms with Gasteiger partial charge in [0, 0.05) is 5.56 Å². The molecule has 0 amide bonds. The van der Waals surface area contributed by atoms with Crippen molar-refractivity contribution >= 4 is 12.4 Å². The molecule has 0 bridgehead atoms. The summed E-state index contributed by atoms with van der Waals surface area (Å²) in [6, 6.07) is 2.78. The van der Waals surface area contributed by atoms with Crippen LogP contribution < -0.4 is 5.73 Å². The molecule has 0 spiro atoms. The van der Waals surface area contributed by atoms with Crippen molar-refractivity contribution < 1.29 is 14.6 Å². The lowest BCUT2D eigenvalue weighted by Gasteiger charge is -2.24. The Hall–Kier alpha value is -0.840. The van der Waals surface area contributed by atoms with Crippen molar-refractivity contribution in [3.63, 3.8) is 0 Å². The summed E-state index contributed by atoms with van der Waals surface area (Å²) >= 11 is 0. The average molecular weight is 264 g/mol. The minimum Gasteiger partial charge on any atom is -0.508 e. The highest BCUT2D eigenvalue weighted by Gasteiger charge is 2.24. The second-order valence-corrected chi connectivity index (χ2v) is 4.11. The van der Waals surface area contributed by atoms with Gasteiger partial charge in [0.2, 0.25) is 0 Å². The van der Waals surface area contributed by atoms with E-state index < -0.39 is 18.0 Å². The highest BCUT2D eigenvalue weighted by Crippen LogP contribution is 2.28. The molecule has 3 atom stereocenters. The molecule has 0 heterocycles. The van der Waals surface area contributed by atoms with Crippen LogP contribution in [0.15, 0.2) is 18.2 Å². The van der Waals surface area contributed by atoms with Gasteiger partial charge in [-0.1, -0.05) is 20.3 Å². The van der Waals surface area contributed by atoms with Gasteiger partial charge in [-0.2, -0.15) is 0 Å². The first-order valence-corrected chi connectivity index (χ1v) is 5.39. The number of hydrogen-bond acceptors (Lipinski definition) is 3. The van der Waals surface area contributed by atoms with Gasteiger partial charge in [-0.3, -0.25) is 0 Å². The van der Waals surface area contributed by atoms with Gasteiger partial charge in [0.05, 0.1) is 12.1 Å². The largest absolute Gasteiger partial charge is 0.508 e. The fraction of sp³-hybridized carbons (Fsp3) is 0.500. The average Bonchev–Trinajstić information content (AvgIpc) is 2.29. The summed E-state index contributed by atoms with van der Waals surface area (Å²) in [4.78, 5) is 0. The maximum absolute atomic E-state index is 13.0. The number of phenolic OH excluding ortho intramolecular Hbond substituents is 1. The van der Waals surface area contributed by atoms with E-state index in [9.17, 15) is 14.6 Å². The van der Waals surface area contributed by atoms with Crippen molar-refractivity contribution in [1.82, 2.24) is 0 Å². The minimum atomic E-state index is -0.794. The second-order valence-electron chi connectivity index (χ2n) is 4.11. The summed E-state index contributed by atoms with van der Waals surface area (Å²) in [6.45, 7) is 3.80. The van der Waals surface area contributed by atoms with Crippen LogP contribution in [-0.2, 0) is 0 Å². The van der Waals surface area contributed by atoms with E-state index in [1.165, 1.54) is 6.07 Å². The standard InChI is InChI=1S/C12H18FNO2.ClH/c1-3-7(2)12(16)11(14)9-6-8(13)4-5-10(9)15;/h4-7,11-12,15-16H,3,14H2,1-2H3;1H/t7?,11-,12+;/m1./s1. The van der Waals surface area contributed by atoms with Crippen LogP contribution in [-0.4, -0.2) is 16.3 Å². The molecule has 0 saturated heterocycles. The molecule has 17 heavy (non-hydrogen) atoms. The number of hydrogen-bond donors (Lipinski definition) is 3. The number of aliphatic hydroxyl groups is 1. The van der Waals surface area contributed by atoms with Gasteiger partial charge in [-0.05, 0) is 24.1 Å². The van der Waals surface area contributed by atoms with Gasteiger partial charge in [0.1, 0.15) is 11.6 Å². The lowest BCUT2D eigenvalue weighted by atomic mass is 9.91. The van der Waals surface area contributed by atoms with Crippen LogP contribution in [0.25, 0.3) is 0 Å². The van der Waals surface area contributed by atoms with Gasteiger partial charge in [0.25, 0.3) is 0 Å². The fourth-order valence-electron chi connectivity index (χ4n) is 1.57. The summed E-state index contributed by atoms with van der Waals surface area (Å²) in [7, 11) is 0. The van der Waals surface area contributed by atoms with Crippen molar-refractivity contribution in [3.8, 4) is 5.75 Å². The van der Waals surface area contributed by atoms with Gasteiger partial charge >= 0.3 is 0 Å². The fourth-order valence-corrected chi connectivity index (χ4v) is 1.57. The van der Waals surface area contributed by atoms with E-state index in [1.807, 2.05) is 13.8 Å². The number of halogens is 2. The second kappa shape index (κ2) is 6.79. The van der Waals surface area contributed by atoms with Crippen LogP contribution >= 0.6 is 12.4 Å². The van der Waals surface area contributed by atoms with E-state index in [4.69, 9.17) is 5.73 Å². The molecule has 0 aliphatic rings.